The molecule has 1 rings (SSSR count). The number of hydrogen-bond acceptors (Lipinski definition) is 2. The van der Waals surface area contributed by atoms with Crippen molar-refractivity contribution in [1.82, 2.24) is 9.13 Å². The van der Waals surface area contributed by atoms with Gasteiger partial charge in [-0.15, -0.1) is 0 Å². The second-order valence-electron chi connectivity index (χ2n) is 5.01. The molecule has 0 aliphatic carbocycles. The van der Waals surface area contributed by atoms with E-state index in [4.69, 9.17) is 0 Å². The Morgan fingerprint density at radius 1 is 1.06 bits per heavy atom. The molecule has 17 heavy (non-hydrogen) atoms. The fourth-order valence-corrected chi connectivity index (χ4v) is 4.83. The lowest BCUT2D eigenvalue weighted by atomic mass is 9.99. The molecule has 0 heterocycles. The first kappa shape index (κ1) is 14.4. The van der Waals surface area contributed by atoms with E-state index in [0.717, 1.165) is 0 Å². The first-order valence-electron chi connectivity index (χ1n) is 6.29. The van der Waals surface area contributed by atoms with Crippen LogP contribution in [0, 0.1) is 0 Å². The molecule has 2 nitrogen and oxygen atoms in total. The lowest BCUT2D eigenvalue weighted by Crippen LogP contribution is -2.55. The predicted octanol–water partition coefficient (Wildman–Crippen LogP) is 2.02. The second kappa shape index (κ2) is 6.33. The second-order valence-corrected chi connectivity index (χ2v) is 7.98. The Morgan fingerprint density at radius 2 is 1.59 bits per heavy atom. The van der Waals surface area contributed by atoms with E-state index >= 15 is 0 Å². The average Bonchev–Trinajstić information content (AvgIpc) is 2.28. The van der Waals surface area contributed by atoms with Crippen molar-refractivity contribution < 1.29 is 0 Å². The number of benzene rings is 1. The van der Waals surface area contributed by atoms with Crippen molar-refractivity contribution in [2.75, 3.05) is 28.2 Å². The van der Waals surface area contributed by atoms with Crippen LogP contribution in [0.5, 0.6) is 0 Å². The van der Waals surface area contributed by atoms with E-state index in [0.29, 0.717) is 5.92 Å². The predicted molar refractivity (Wildman–Crippen MR) is 77.9 cm³/mol. The molecule has 1 radical (unpaired) electrons. The molecule has 0 aliphatic rings. The minimum atomic E-state index is -0.774. The van der Waals surface area contributed by atoms with Crippen molar-refractivity contribution in [3.8, 4) is 0 Å². The van der Waals surface area contributed by atoms with E-state index in [9.17, 15) is 0 Å². The molecule has 0 spiro atoms. The first-order valence-corrected chi connectivity index (χ1v) is 7.69. The van der Waals surface area contributed by atoms with Gasteiger partial charge in [-0.25, -0.2) is 0 Å². The fourth-order valence-electron chi connectivity index (χ4n) is 2.23. The van der Waals surface area contributed by atoms with E-state index in [-0.39, 0.29) is 0 Å². The third-order valence-corrected chi connectivity index (χ3v) is 5.82. The van der Waals surface area contributed by atoms with Gasteiger partial charge in [-0.3, -0.25) is 0 Å². The maximum Gasteiger partial charge on any atom is 0.266 e. The highest BCUT2D eigenvalue weighted by molar-refractivity contribution is 6.68. The van der Waals surface area contributed by atoms with Crippen LogP contribution in [0.1, 0.15) is 31.7 Å². The van der Waals surface area contributed by atoms with Crippen LogP contribution in [-0.4, -0.2) is 46.4 Å². The molecule has 0 saturated heterocycles. The number of rotatable bonds is 5. The van der Waals surface area contributed by atoms with Gasteiger partial charge in [0, 0.05) is 0 Å². The third-order valence-electron chi connectivity index (χ3n) is 3.19. The number of hydrogen-bond donors (Lipinski definition) is 0. The standard InChI is InChI=1S/C14H25N2Si/c1-7-12(2)13-10-8-9-11-14(13)17(15(3)4)16(5)6/h8-12H,7H2,1-6H3. The van der Waals surface area contributed by atoms with Gasteiger partial charge in [-0.05, 0) is 51.3 Å². The minimum absolute atomic E-state index is 0.645. The van der Waals surface area contributed by atoms with Crippen molar-refractivity contribution in [1.29, 1.82) is 0 Å². The smallest absolute Gasteiger partial charge is 0.266 e. The number of nitrogens with zero attached hydrogens (tertiary/aromatic N) is 2. The Labute approximate surface area is 108 Å². The van der Waals surface area contributed by atoms with Crippen molar-refractivity contribution in [2.45, 2.75) is 26.2 Å². The maximum atomic E-state index is 2.37. The zero-order chi connectivity index (χ0) is 13.0. The largest absolute Gasteiger partial charge is 0.314 e. The van der Waals surface area contributed by atoms with Crippen LogP contribution in [-0.2, 0) is 0 Å². The van der Waals surface area contributed by atoms with Crippen LogP contribution in [0.15, 0.2) is 24.3 Å². The summed E-state index contributed by atoms with van der Waals surface area (Å²) in [5.74, 6) is 0.645. The Morgan fingerprint density at radius 3 is 2.06 bits per heavy atom. The molecule has 0 N–H and O–H groups in total. The Hall–Kier alpha value is -0.643. The van der Waals surface area contributed by atoms with Crippen molar-refractivity contribution in [3.63, 3.8) is 0 Å². The monoisotopic (exact) mass is 249 g/mol. The van der Waals surface area contributed by atoms with Gasteiger partial charge in [0.2, 0.25) is 0 Å². The molecular weight excluding hydrogens is 224 g/mol. The molecule has 95 valence electrons. The molecule has 1 atom stereocenters. The van der Waals surface area contributed by atoms with Crippen LogP contribution in [0.25, 0.3) is 0 Å². The van der Waals surface area contributed by atoms with Crippen LogP contribution < -0.4 is 5.19 Å². The molecule has 3 heteroatoms. The molecule has 0 saturated carbocycles. The van der Waals surface area contributed by atoms with E-state index in [2.05, 4.69) is 75.4 Å². The summed E-state index contributed by atoms with van der Waals surface area (Å²) < 4.78 is 4.73. The summed E-state index contributed by atoms with van der Waals surface area (Å²) in [7, 11) is 7.96. The lowest BCUT2D eigenvalue weighted by Gasteiger charge is -2.30. The van der Waals surface area contributed by atoms with Crippen LogP contribution in [0.4, 0.5) is 0 Å². The molecule has 0 bridgehead atoms. The Bertz CT molecular complexity index is 342. The van der Waals surface area contributed by atoms with Gasteiger partial charge < -0.3 is 9.13 Å². The quantitative estimate of drug-likeness (QED) is 0.737. The average molecular weight is 249 g/mol. The summed E-state index contributed by atoms with van der Waals surface area (Å²) in [6.45, 7) is 4.59. The highest BCUT2D eigenvalue weighted by Crippen LogP contribution is 2.17. The molecular formula is C14H25N2Si. The van der Waals surface area contributed by atoms with Crippen LogP contribution >= 0.6 is 0 Å². The molecule has 1 aromatic carbocycles. The summed E-state index contributed by atoms with van der Waals surface area (Å²) in [4.78, 5) is 0. The summed E-state index contributed by atoms with van der Waals surface area (Å²) in [6.07, 6.45) is 1.20. The van der Waals surface area contributed by atoms with Gasteiger partial charge in [0.25, 0.3) is 9.12 Å². The first-order chi connectivity index (χ1) is 7.99. The van der Waals surface area contributed by atoms with E-state index in [1.165, 1.54) is 17.2 Å². The molecule has 0 fully saturated rings. The van der Waals surface area contributed by atoms with E-state index in [1.54, 1.807) is 0 Å². The van der Waals surface area contributed by atoms with Crippen molar-refractivity contribution in [2.24, 2.45) is 0 Å². The zero-order valence-corrected chi connectivity index (χ0v) is 13.0. The Balaban J connectivity index is 3.18. The third kappa shape index (κ3) is 3.41. The van der Waals surface area contributed by atoms with Crippen molar-refractivity contribution >= 4 is 14.3 Å². The van der Waals surface area contributed by atoms with E-state index in [1.807, 2.05) is 0 Å². The van der Waals surface area contributed by atoms with Gasteiger partial charge in [-0.1, -0.05) is 38.1 Å². The summed E-state index contributed by atoms with van der Waals surface area (Å²) in [5, 5.41) is 1.53. The SMILES string of the molecule is CCC(C)c1ccccc1[Si](N(C)C)N(C)C. The summed E-state index contributed by atoms with van der Waals surface area (Å²) in [6, 6.07) is 8.92. The van der Waals surface area contributed by atoms with E-state index < -0.39 is 9.12 Å². The van der Waals surface area contributed by atoms with Gasteiger partial charge >= 0.3 is 0 Å². The Kier molecular flexibility index (Phi) is 5.37. The highest BCUT2D eigenvalue weighted by atomic mass is 28.3. The van der Waals surface area contributed by atoms with Gasteiger partial charge in [0.1, 0.15) is 0 Å². The normalized spacial score (nSPS) is 13.7. The topological polar surface area (TPSA) is 6.48 Å². The fraction of sp³-hybridized carbons (Fsp3) is 0.571. The molecule has 0 amide bonds. The zero-order valence-electron chi connectivity index (χ0n) is 12.0. The molecule has 1 unspecified atom stereocenters. The van der Waals surface area contributed by atoms with Crippen LogP contribution in [0.2, 0.25) is 0 Å². The van der Waals surface area contributed by atoms with Crippen LogP contribution in [0.3, 0.4) is 0 Å². The minimum Gasteiger partial charge on any atom is -0.314 e. The summed E-state index contributed by atoms with van der Waals surface area (Å²) >= 11 is 0. The van der Waals surface area contributed by atoms with Gasteiger partial charge in [0.05, 0.1) is 0 Å². The summed E-state index contributed by atoms with van der Waals surface area (Å²) in [5.41, 5.74) is 1.52. The van der Waals surface area contributed by atoms with Crippen molar-refractivity contribution in [3.05, 3.63) is 29.8 Å². The van der Waals surface area contributed by atoms with Gasteiger partial charge in [-0.2, -0.15) is 0 Å². The highest BCUT2D eigenvalue weighted by Gasteiger charge is 2.24. The molecule has 0 aromatic heterocycles. The molecule has 0 aliphatic heterocycles. The molecule has 1 aromatic rings. The van der Waals surface area contributed by atoms with Gasteiger partial charge in [0.15, 0.2) is 0 Å². The lowest BCUT2D eigenvalue weighted by molar-refractivity contribution is 0.530. The maximum absolute atomic E-state index is 2.37.